The molecular formula is C53H36N2. The highest BCUT2D eigenvalue weighted by molar-refractivity contribution is 6.10. The summed E-state index contributed by atoms with van der Waals surface area (Å²) in [6.45, 7) is 0. The predicted molar refractivity (Wildman–Crippen MR) is 230 cm³/mol. The van der Waals surface area contributed by atoms with Crippen LogP contribution in [0.3, 0.4) is 0 Å². The molecule has 9 aromatic carbocycles. The summed E-state index contributed by atoms with van der Waals surface area (Å²) in [6.07, 6.45) is 0. The van der Waals surface area contributed by atoms with Crippen molar-refractivity contribution in [2.24, 2.45) is 0 Å². The Morgan fingerprint density at radius 3 is 1.85 bits per heavy atom. The molecule has 0 aliphatic heterocycles. The monoisotopic (exact) mass is 707 g/mol. The predicted octanol–water partition coefficient (Wildman–Crippen LogP) is 13.8. The molecule has 11 rings (SSSR count). The third-order valence-electron chi connectivity index (χ3n) is 11.1. The van der Waals surface area contributed by atoms with Gasteiger partial charge in [-0.1, -0.05) is 158 Å². The van der Waals surface area contributed by atoms with Crippen molar-refractivity contribution in [3.05, 3.63) is 240 Å². The number of para-hydroxylation sites is 4. The molecule has 0 bridgehead atoms. The van der Waals surface area contributed by atoms with Gasteiger partial charge in [0.2, 0.25) is 0 Å². The van der Waals surface area contributed by atoms with Crippen molar-refractivity contribution < 1.29 is 9.60 Å². The van der Waals surface area contributed by atoms with Crippen LogP contribution in [0.2, 0.25) is 0 Å². The second-order valence-corrected chi connectivity index (χ2v) is 14.0. The standard InChI is InChI=1S/C53H36N2/c1-4-19-39(20-5-1)54(40-21-6-2-7-22-40)42-32-34-50-47(36-42)44-26-12-14-28-49(44)53(50,48-29-16-18-37-17-10-11-25-43(37)48)38-31-33-46-45-27-13-15-30-51(45)55(52(46)35-38)41-23-8-3-9-24-41/h1-36H/i10D,11D,16D,17D,18D,25D,29D. The lowest BCUT2D eigenvalue weighted by molar-refractivity contribution is 0.777. The van der Waals surface area contributed by atoms with Gasteiger partial charge in [-0.15, -0.1) is 0 Å². The fraction of sp³-hybridized carbons (Fsp3) is 0.0189. The van der Waals surface area contributed by atoms with E-state index in [9.17, 15) is 4.11 Å². The van der Waals surface area contributed by atoms with Crippen LogP contribution < -0.4 is 4.90 Å². The zero-order valence-electron chi connectivity index (χ0n) is 36.6. The van der Waals surface area contributed by atoms with E-state index in [0.717, 1.165) is 72.4 Å². The van der Waals surface area contributed by atoms with Gasteiger partial charge in [0, 0.05) is 33.5 Å². The molecule has 0 amide bonds. The Morgan fingerprint density at radius 2 is 1.05 bits per heavy atom. The first-order valence-electron chi connectivity index (χ1n) is 22.0. The van der Waals surface area contributed by atoms with Crippen molar-refractivity contribution in [3.8, 4) is 16.8 Å². The van der Waals surface area contributed by atoms with E-state index in [1.54, 1.807) is 0 Å². The fourth-order valence-electron chi connectivity index (χ4n) is 8.89. The number of nitrogens with zero attached hydrogens (tertiary/aromatic N) is 2. The van der Waals surface area contributed by atoms with Crippen LogP contribution in [0.25, 0.3) is 49.4 Å². The maximum Gasteiger partial charge on any atom is 0.0720 e. The molecule has 1 aromatic heterocycles. The van der Waals surface area contributed by atoms with Crippen LogP contribution in [0.4, 0.5) is 17.1 Å². The summed E-state index contributed by atoms with van der Waals surface area (Å²) in [5.41, 5.74) is 8.72. The van der Waals surface area contributed by atoms with E-state index in [1.165, 1.54) is 0 Å². The number of hydrogen-bond donors (Lipinski definition) is 0. The molecule has 1 aliphatic rings. The zero-order valence-corrected chi connectivity index (χ0v) is 29.6. The fourth-order valence-corrected chi connectivity index (χ4v) is 8.89. The molecule has 2 nitrogen and oxygen atoms in total. The third-order valence-corrected chi connectivity index (χ3v) is 11.1. The third kappa shape index (κ3) is 4.68. The van der Waals surface area contributed by atoms with Gasteiger partial charge in [0.15, 0.2) is 0 Å². The lowest BCUT2D eigenvalue weighted by Gasteiger charge is -2.35. The highest BCUT2D eigenvalue weighted by Gasteiger charge is 2.47. The van der Waals surface area contributed by atoms with Crippen LogP contribution in [0.5, 0.6) is 0 Å². The average molecular weight is 708 g/mol. The molecule has 0 N–H and O–H groups in total. The van der Waals surface area contributed by atoms with Crippen molar-refractivity contribution in [2.75, 3.05) is 4.90 Å². The number of rotatable bonds is 6. The number of anilines is 3. The summed E-state index contributed by atoms with van der Waals surface area (Å²) >= 11 is 0. The first kappa shape index (κ1) is 25.0. The van der Waals surface area contributed by atoms with E-state index in [0.29, 0.717) is 0 Å². The van der Waals surface area contributed by atoms with Gasteiger partial charge < -0.3 is 9.47 Å². The summed E-state index contributed by atoms with van der Waals surface area (Å²) in [5, 5.41) is 2.07. The summed E-state index contributed by atoms with van der Waals surface area (Å²) in [4.78, 5) is 2.20. The molecule has 2 heteroatoms. The van der Waals surface area contributed by atoms with Crippen LogP contribution in [0.15, 0.2) is 218 Å². The Balaban J connectivity index is 1.32. The lowest BCUT2D eigenvalue weighted by Crippen LogP contribution is -2.29. The Bertz CT molecular complexity index is 3390. The first-order valence-corrected chi connectivity index (χ1v) is 18.5. The molecule has 1 aliphatic carbocycles. The Morgan fingerprint density at radius 1 is 0.418 bits per heavy atom. The minimum absolute atomic E-state index is 0.0626. The Hall–Kier alpha value is -7.16. The van der Waals surface area contributed by atoms with Gasteiger partial charge in [0.25, 0.3) is 0 Å². The average Bonchev–Trinajstić information content (AvgIpc) is 3.80. The number of benzene rings is 9. The van der Waals surface area contributed by atoms with Gasteiger partial charge >= 0.3 is 0 Å². The highest BCUT2D eigenvalue weighted by atomic mass is 15.1. The van der Waals surface area contributed by atoms with Gasteiger partial charge in [0.1, 0.15) is 0 Å². The first-order chi connectivity index (χ1) is 30.2. The van der Waals surface area contributed by atoms with Crippen LogP contribution in [0.1, 0.15) is 31.8 Å². The second-order valence-electron chi connectivity index (χ2n) is 14.0. The van der Waals surface area contributed by atoms with Crippen molar-refractivity contribution in [1.29, 1.82) is 0 Å². The maximum atomic E-state index is 9.92. The van der Waals surface area contributed by atoms with Crippen LogP contribution in [-0.4, -0.2) is 4.57 Å². The highest BCUT2D eigenvalue weighted by Crippen LogP contribution is 2.58. The summed E-state index contributed by atoms with van der Waals surface area (Å²) in [7, 11) is 0. The smallest absolute Gasteiger partial charge is 0.0720 e. The minimum atomic E-state index is -1.39. The summed E-state index contributed by atoms with van der Waals surface area (Å²) in [6, 6.07) is 56.7. The van der Waals surface area contributed by atoms with Gasteiger partial charge in [-0.25, -0.2) is 0 Å². The molecule has 0 radical (unpaired) electrons. The van der Waals surface area contributed by atoms with E-state index in [-0.39, 0.29) is 28.4 Å². The zero-order chi connectivity index (χ0) is 42.4. The van der Waals surface area contributed by atoms with Crippen molar-refractivity contribution in [3.63, 3.8) is 0 Å². The summed E-state index contributed by atoms with van der Waals surface area (Å²) in [5.74, 6) is 0. The maximum absolute atomic E-state index is 9.92. The van der Waals surface area contributed by atoms with Gasteiger partial charge in [0.05, 0.1) is 26.0 Å². The quantitative estimate of drug-likeness (QED) is 0.167. The normalized spacial score (nSPS) is 16.4. The van der Waals surface area contributed by atoms with Crippen LogP contribution in [0, 0.1) is 0 Å². The van der Waals surface area contributed by atoms with Crippen molar-refractivity contribution in [2.45, 2.75) is 5.41 Å². The van der Waals surface area contributed by atoms with E-state index in [1.807, 2.05) is 84.9 Å². The SMILES string of the molecule is [2H]c1c([2H])c([2H])c2c(C3(c4ccc5c6ccccc6n(-c6ccccc6)c5c4)c4ccccc4-c4cc(N(c5ccccc5)c5ccccc5)ccc43)c([2H])c([2H])c([2H])c2c1[2H]. The molecule has 0 saturated heterocycles. The molecule has 0 fully saturated rings. The van der Waals surface area contributed by atoms with Crippen molar-refractivity contribution >= 4 is 49.6 Å². The van der Waals surface area contributed by atoms with Crippen molar-refractivity contribution in [1.82, 2.24) is 4.57 Å². The molecule has 0 saturated carbocycles. The van der Waals surface area contributed by atoms with Gasteiger partial charge in [-0.3, -0.25) is 0 Å². The minimum Gasteiger partial charge on any atom is -0.310 e. The topological polar surface area (TPSA) is 8.17 Å². The Kier molecular flexibility index (Phi) is 5.66. The molecule has 0 spiro atoms. The molecule has 1 heterocycles. The van der Waals surface area contributed by atoms with Crippen LogP contribution >= 0.6 is 0 Å². The van der Waals surface area contributed by atoms with Gasteiger partial charge in [-0.05, 0) is 105 Å². The molecule has 55 heavy (non-hydrogen) atoms. The largest absolute Gasteiger partial charge is 0.310 e. The molecule has 1 unspecified atom stereocenters. The van der Waals surface area contributed by atoms with E-state index >= 15 is 0 Å². The van der Waals surface area contributed by atoms with E-state index < -0.39 is 35.6 Å². The molecule has 10 aromatic rings. The number of aromatic nitrogens is 1. The second kappa shape index (κ2) is 12.5. The van der Waals surface area contributed by atoms with E-state index in [4.69, 9.17) is 5.48 Å². The van der Waals surface area contributed by atoms with Gasteiger partial charge in [-0.2, -0.15) is 0 Å². The molecular weight excluding hydrogens is 665 g/mol. The lowest BCUT2D eigenvalue weighted by atomic mass is 9.66. The summed E-state index contributed by atoms with van der Waals surface area (Å²) < 4.78 is 66.9. The molecule has 258 valence electrons. The number of hydrogen-bond acceptors (Lipinski definition) is 1. The number of fused-ring (bicyclic) bond motifs is 7. The van der Waals surface area contributed by atoms with E-state index in [2.05, 4.69) is 100 Å². The molecule has 1 atom stereocenters. The van der Waals surface area contributed by atoms with Crippen LogP contribution in [-0.2, 0) is 5.41 Å². The Labute approximate surface area is 330 Å².